The lowest BCUT2D eigenvalue weighted by Crippen LogP contribution is -2.12. The average molecular weight is 393 g/mol. The normalized spacial score (nSPS) is 13.2. The van der Waals surface area contributed by atoms with E-state index in [0.717, 1.165) is 18.5 Å². The van der Waals surface area contributed by atoms with Crippen LogP contribution in [0.1, 0.15) is 34.8 Å². The minimum atomic E-state index is -0.515. The van der Waals surface area contributed by atoms with E-state index in [1.54, 1.807) is 30.3 Å². The molecule has 1 aliphatic carbocycles. The van der Waals surface area contributed by atoms with E-state index >= 15 is 0 Å². The number of hydrogen-bond donors (Lipinski definition) is 2. The Bertz CT molecular complexity index is 1040. The van der Waals surface area contributed by atoms with Gasteiger partial charge in [0.05, 0.1) is 12.3 Å². The second-order valence-corrected chi connectivity index (χ2v) is 6.88. The minimum absolute atomic E-state index is 0.103. The van der Waals surface area contributed by atoms with Crippen molar-refractivity contribution in [1.29, 1.82) is 0 Å². The van der Waals surface area contributed by atoms with Gasteiger partial charge >= 0.3 is 0 Å². The zero-order valence-corrected chi connectivity index (χ0v) is 15.6. The molecule has 1 amide bonds. The number of aromatic nitrogens is 2. The summed E-state index contributed by atoms with van der Waals surface area (Å²) in [6, 6.07) is 12.8. The highest BCUT2D eigenvalue weighted by Gasteiger charge is 2.25. The first-order valence-electron chi connectivity index (χ1n) is 9.40. The van der Waals surface area contributed by atoms with Crippen LogP contribution < -0.4 is 10.1 Å². The molecule has 0 spiro atoms. The number of nitrogens with zero attached hydrogens (tertiary/aromatic N) is 2. The zero-order valence-electron chi connectivity index (χ0n) is 15.6. The van der Waals surface area contributed by atoms with Crippen molar-refractivity contribution < 1.29 is 19.0 Å². The average Bonchev–Trinajstić information content (AvgIpc) is 3.58. The van der Waals surface area contributed by atoms with Gasteiger partial charge in [0.15, 0.2) is 0 Å². The number of aliphatic hydroxyl groups excluding tert-OH is 1. The third-order valence-electron chi connectivity index (χ3n) is 4.59. The molecule has 6 nitrogen and oxygen atoms in total. The molecule has 1 fully saturated rings. The third kappa shape index (κ3) is 4.75. The van der Waals surface area contributed by atoms with Crippen LogP contribution in [-0.4, -0.2) is 34.2 Å². The second kappa shape index (κ2) is 8.36. The van der Waals surface area contributed by atoms with Gasteiger partial charge < -0.3 is 15.2 Å². The van der Waals surface area contributed by atoms with Crippen molar-refractivity contribution in [2.75, 3.05) is 18.5 Å². The third-order valence-corrected chi connectivity index (χ3v) is 4.59. The number of aliphatic hydroxyl groups is 1. The summed E-state index contributed by atoms with van der Waals surface area (Å²) < 4.78 is 19.6. The summed E-state index contributed by atoms with van der Waals surface area (Å²) in [5.41, 5.74) is 2.77. The maximum atomic E-state index is 14.2. The first-order valence-corrected chi connectivity index (χ1v) is 9.40. The summed E-state index contributed by atoms with van der Waals surface area (Å²) in [5, 5.41) is 11.6. The standard InChI is InChI=1S/C22H20FN3O3/c23-17-9-15(21-12-20(14-4-5-14)24-13-25-21)8-16(10-17)22(28)26-18-2-1-3-19(11-18)29-7-6-27/h1-3,8-14,27H,4-7H2,(H,26,28). The topological polar surface area (TPSA) is 84.3 Å². The van der Waals surface area contributed by atoms with Crippen LogP contribution in [0.15, 0.2) is 54.9 Å². The molecule has 1 aromatic heterocycles. The maximum Gasteiger partial charge on any atom is 0.255 e. The lowest BCUT2D eigenvalue weighted by molar-refractivity contribution is 0.102. The van der Waals surface area contributed by atoms with Crippen LogP contribution in [0.3, 0.4) is 0 Å². The monoisotopic (exact) mass is 393 g/mol. The lowest BCUT2D eigenvalue weighted by Gasteiger charge is -2.10. The van der Waals surface area contributed by atoms with E-state index in [4.69, 9.17) is 9.84 Å². The molecule has 2 N–H and O–H groups in total. The summed E-state index contributed by atoms with van der Waals surface area (Å²) in [5.74, 6) is 0.0135. The first kappa shape index (κ1) is 19.0. The Morgan fingerprint density at radius 3 is 2.83 bits per heavy atom. The van der Waals surface area contributed by atoms with Gasteiger partial charge in [-0.15, -0.1) is 0 Å². The SMILES string of the molecule is O=C(Nc1cccc(OCCO)c1)c1cc(F)cc(-c2cc(C3CC3)ncn2)c1. The Kier molecular flexibility index (Phi) is 5.48. The second-order valence-electron chi connectivity index (χ2n) is 6.88. The molecule has 3 aromatic rings. The van der Waals surface area contributed by atoms with Crippen LogP contribution in [0.4, 0.5) is 10.1 Å². The fourth-order valence-corrected chi connectivity index (χ4v) is 3.03. The van der Waals surface area contributed by atoms with Gasteiger partial charge in [-0.05, 0) is 49.2 Å². The van der Waals surface area contributed by atoms with Crippen molar-refractivity contribution in [2.24, 2.45) is 0 Å². The van der Waals surface area contributed by atoms with Gasteiger partial charge in [0.1, 0.15) is 24.5 Å². The number of benzene rings is 2. The van der Waals surface area contributed by atoms with Crippen molar-refractivity contribution in [3.05, 3.63) is 71.9 Å². The summed E-state index contributed by atoms with van der Waals surface area (Å²) >= 11 is 0. The highest BCUT2D eigenvalue weighted by Crippen LogP contribution is 2.39. The summed E-state index contributed by atoms with van der Waals surface area (Å²) in [6.45, 7) is 0.0561. The van der Waals surface area contributed by atoms with Crippen LogP contribution in [0, 0.1) is 5.82 Å². The smallest absolute Gasteiger partial charge is 0.255 e. The van der Waals surface area contributed by atoms with Crippen LogP contribution in [-0.2, 0) is 0 Å². The molecule has 7 heteroatoms. The first-order chi connectivity index (χ1) is 14.1. The van der Waals surface area contributed by atoms with E-state index in [9.17, 15) is 9.18 Å². The molecule has 1 aliphatic rings. The van der Waals surface area contributed by atoms with Crippen molar-refractivity contribution in [3.8, 4) is 17.0 Å². The molecule has 0 saturated heterocycles. The van der Waals surface area contributed by atoms with E-state index in [1.807, 2.05) is 6.07 Å². The number of hydrogen-bond acceptors (Lipinski definition) is 5. The van der Waals surface area contributed by atoms with Gasteiger partial charge in [-0.3, -0.25) is 4.79 Å². The Labute approximate surface area is 167 Å². The maximum absolute atomic E-state index is 14.2. The molecule has 0 aliphatic heterocycles. The van der Waals surface area contributed by atoms with Crippen LogP contribution in [0.2, 0.25) is 0 Å². The van der Waals surface area contributed by atoms with Crippen molar-refractivity contribution >= 4 is 11.6 Å². The van der Waals surface area contributed by atoms with E-state index in [-0.39, 0.29) is 18.8 Å². The highest BCUT2D eigenvalue weighted by molar-refractivity contribution is 6.05. The molecule has 0 unspecified atom stereocenters. The van der Waals surface area contributed by atoms with Gasteiger partial charge in [0.25, 0.3) is 5.91 Å². The van der Waals surface area contributed by atoms with E-state index in [1.165, 1.54) is 18.5 Å². The Balaban J connectivity index is 1.55. The summed E-state index contributed by atoms with van der Waals surface area (Å²) in [4.78, 5) is 21.2. The van der Waals surface area contributed by atoms with Gasteiger partial charge in [0.2, 0.25) is 0 Å². The predicted molar refractivity (Wildman–Crippen MR) is 106 cm³/mol. The van der Waals surface area contributed by atoms with E-state index < -0.39 is 11.7 Å². The summed E-state index contributed by atoms with van der Waals surface area (Å²) in [7, 11) is 0. The molecule has 1 heterocycles. The molecule has 2 aromatic carbocycles. The van der Waals surface area contributed by atoms with Gasteiger partial charge in [-0.2, -0.15) is 0 Å². The summed E-state index contributed by atoms with van der Waals surface area (Å²) in [6.07, 6.45) is 3.69. The van der Waals surface area contributed by atoms with Crippen LogP contribution in [0.5, 0.6) is 5.75 Å². The Morgan fingerprint density at radius 2 is 2.03 bits per heavy atom. The van der Waals surface area contributed by atoms with Gasteiger partial charge in [0, 0.05) is 34.5 Å². The van der Waals surface area contributed by atoms with Crippen molar-refractivity contribution in [1.82, 2.24) is 9.97 Å². The van der Waals surface area contributed by atoms with Crippen LogP contribution >= 0.6 is 0 Å². The number of anilines is 1. The molecule has 0 bridgehead atoms. The number of amides is 1. The molecular formula is C22H20FN3O3. The largest absolute Gasteiger partial charge is 0.491 e. The number of rotatable bonds is 7. The quantitative estimate of drug-likeness (QED) is 0.638. The fraction of sp³-hybridized carbons (Fsp3) is 0.227. The number of halogens is 1. The Morgan fingerprint density at radius 1 is 1.17 bits per heavy atom. The van der Waals surface area contributed by atoms with Crippen LogP contribution in [0.25, 0.3) is 11.3 Å². The molecule has 0 radical (unpaired) electrons. The molecule has 148 valence electrons. The van der Waals surface area contributed by atoms with Gasteiger partial charge in [-0.25, -0.2) is 14.4 Å². The molecule has 1 saturated carbocycles. The number of nitrogens with one attached hydrogen (secondary N) is 1. The van der Waals surface area contributed by atoms with Gasteiger partial charge in [-0.1, -0.05) is 6.07 Å². The Hall–Kier alpha value is -3.32. The fourth-order valence-electron chi connectivity index (χ4n) is 3.03. The lowest BCUT2D eigenvalue weighted by atomic mass is 10.1. The number of carbonyl (C=O) groups excluding carboxylic acids is 1. The molecule has 0 atom stereocenters. The van der Waals surface area contributed by atoms with E-state index in [2.05, 4.69) is 15.3 Å². The van der Waals surface area contributed by atoms with Crippen molar-refractivity contribution in [2.45, 2.75) is 18.8 Å². The molecule has 29 heavy (non-hydrogen) atoms. The van der Waals surface area contributed by atoms with E-state index in [0.29, 0.717) is 28.6 Å². The molecular weight excluding hydrogens is 373 g/mol. The highest BCUT2D eigenvalue weighted by atomic mass is 19.1. The number of ether oxygens (including phenoxy) is 1. The zero-order chi connectivity index (χ0) is 20.2. The predicted octanol–water partition coefficient (Wildman–Crippen LogP) is 3.78. The minimum Gasteiger partial charge on any atom is -0.491 e. The molecule has 4 rings (SSSR count). The van der Waals surface area contributed by atoms with Crippen molar-refractivity contribution in [3.63, 3.8) is 0 Å². The number of carbonyl (C=O) groups is 1.